The van der Waals surface area contributed by atoms with Crippen molar-refractivity contribution in [2.24, 2.45) is 0 Å². The first-order valence-electron chi connectivity index (χ1n) is 3.95. The molecule has 0 saturated carbocycles. The molecular formula is C9H7Cl2NO. The van der Waals surface area contributed by atoms with Crippen LogP contribution >= 0.6 is 23.2 Å². The summed E-state index contributed by atoms with van der Waals surface area (Å²) in [5.41, 5.74) is 1.50. The fourth-order valence-electron chi connectivity index (χ4n) is 1.45. The van der Waals surface area contributed by atoms with E-state index < -0.39 is 0 Å². The standard InChI is InChI=1S/C9H7Cl2NO/c10-7-2-1-6-5(8(7)11)3-4-12-9(6)13/h1-2H,3-4H2,(H,12,13). The van der Waals surface area contributed by atoms with E-state index in [9.17, 15) is 4.79 Å². The van der Waals surface area contributed by atoms with E-state index in [0.717, 1.165) is 12.0 Å². The molecule has 1 amide bonds. The van der Waals surface area contributed by atoms with E-state index in [1.165, 1.54) is 0 Å². The SMILES string of the molecule is O=C1NCCc2c1ccc(Cl)c2Cl. The lowest BCUT2D eigenvalue weighted by Gasteiger charge is -2.17. The van der Waals surface area contributed by atoms with Crippen LogP contribution in [-0.4, -0.2) is 12.5 Å². The maximum absolute atomic E-state index is 11.3. The number of nitrogens with one attached hydrogen (secondary N) is 1. The minimum Gasteiger partial charge on any atom is -0.352 e. The Labute approximate surface area is 85.8 Å². The molecule has 0 unspecified atom stereocenters. The minimum atomic E-state index is -0.0696. The van der Waals surface area contributed by atoms with E-state index in [1.54, 1.807) is 12.1 Å². The number of amides is 1. The molecule has 0 bridgehead atoms. The summed E-state index contributed by atoms with van der Waals surface area (Å²) in [4.78, 5) is 11.3. The molecular weight excluding hydrogens is 209 g/mol. The average Bonchev–Trinajstić information content (AvgIpc) is 2.12. The number of benzene rings is 1. The van der Waals surface area contributed by atoms with Crippen molar-refractivity contribution in [2.75, 3.05) is 6.54 Å². The van der Waals surface area contributed by atoms with Gasteiger partial charge in [0, 0.05) is 12.1 Å². The topological polar surface area (TPSA) is 29.1 Å². The third-order valence-electron chi connectivity index (χ3n) is 2.10. The number of carbonyl (C=O) groups is 1. The van der Waals surface area contributed by atoms with Crippen molar-refractivity contribution in [1.29, 1.82) is 0 Å². The first-order valence-corrected chi connectivity index (χ1v) is 4.71. The van der Waals surface area contributed by atoms with Crippen LogP contribution in [0.3, 0.4) is 0 Å². The summed E-state index contributed by atoms with van der Waals surface area (Å²) in [6.07, 6.45) is 0.750. The first-order chi connectivity index (χ1) is 6.20. The van der Waals surface area contributed by atoms with Crippen LogP contribution in [0.5, 0.6) is 0 Å². The summed E-state index contributed by atoms with van der Waals surface area (Å²) < 4.78 is 0. The van der Waals surface area contributed by atoms with Crippen molar-refractivity contribution in [3.63, 3.8) is 0 Å². The molecule has 2 rings (SSSR count). The number of fused-ring (bicyclic) bond motifs is 1. The lowest BCUT2D eigenvalue weighted by atomic mass is 10.0. The Morgan fingerprint density at radius 3 is 2.85 bits per heavy atom. The second-order valence-electron chi connectivity index (χ2n) is 2.89. The molecule has 0 atom stereocenters. The molecule has 0 aliphatic carbocycles. The summed E-state index contributed by atoms with van der Waals surface area (Å²) in [5.74, 6) is -0.0696. The van der Waals surface area contributed by atoms with Gasteiger partial charge >= 0.3 is 0 Å². The van der Waals surface area contributed by atoms with Crippen LogP contribution in [0.15, 0.2) is 12.1 Å². The first kappa shape index (κ1) is 8.85. The highest BCUT2D eigenvalue weighted by Crippen LogP contribution is 2.30. The minimum absolute atomic E-state index is 0.0696. The fraction of sp³-hybridized carbons (Fsp3) is 0.222. The van der Waals surface area contributed by atoms with Gasteiger partial charge in [0.1, 0.15) is 0 Å². The van der Waals surface area contributed by atoms with Crippen molar-refractivity contribution < 1.29 is 4.79 Å². The molecule has 4 heteroatoms. The summed E-state index contributed by atoms with van der Waals surface area (Å²) in [6, 6.07) is 3.35. The molecule has 0 spiro atoms. The Morgan fingerprint density at radius 1 is 1.31 bits per heavy atom. The number of hydrogen-bond acceptors (Lipinski definition) is 1. The highest BCUT2D eigenvalue weighted by Gasteiger charge is 2.19. The number of rotatable bonds is 0. The maximum Gasteiger partial charge on any atom is 0.251 e. The number of carbonyl (C=O) groups excluding carboxylic acids is 1. The summed E-state index contributed by atoms with van der Waals surface area (Å²) >= 11 is 11.8. The molecule has 1 heterocycles. The van der Waals surface area contributed by atoms with Gasteiger partial charge in [-0.05, 0) is 24.1 Å². The number of hydrogen-bond donors (Lipinski definition) is 1. The number of halogens is 2. The van der Waals surface area contributed by atoms with Gasteiger partial charge in [-0.25, -0.2) is 0 Å². The molecule has 1 aromatic rings. The van der Waals surface area contributed by atoms with Crippen molar-refractivity contribution in [1.82, 2.24) is 5.32 Å². The zero-order chi connectivity index (χ0) is 9.42. The van der Waals surface area contributed by atoms with Gasteiger partial charge in [-0.1, -0.05) is 23.2 Å². The Kier molecular flexibility index (Phi) is 2.18. The van der Waals surface area contributed by atoms with E-state index in [1.807, 2.05) is 0 Å². The van der Waals surface area contributed by atoms with E-state index >= 15 is 0 Å². The molecule has 0 saturated heterocycles. The van der Waals surface area contributed by atoms with Crippen molar-refractivity contribution in [2.45, 2.75) is 6.42 Å². The highest BCUT2D eigenvalue weighted by atomic mass is 35.5. The van der Waals surface area contributed by atoms with Crippen molar-refractivity contribution in [3.8, 4) is 0 Å². The zero-order valence-corrected chi connectivity index (χ0v) is 8.24. The molecule has 1 aromatic carbocycles. The van der Waals surface area contributed by atoms with E-state index in [0.29, 0.717) is 22.2 Å². The molecule has 1 aliphatic heterocycles. The Hall–Kier alpha value is -0.730. The van der Waals surface area contributed by atoms with E-state index in [-0.39, 0.29) is 5.91 Å². The Morgan fingerprint density at radius 2 is 2.08 bits per heavy atom. The monoisotopic (exact) mass is 215 g/mol. The van der Waals surface area contributed by atoms with Gasteiger partial charge in [-0.3, -0.25) is 4.79 Å². The van der Waals surface area contributed by atoms with Gasteiger partial charge < -0.3 is 5.32 Å². The predicted octanol–water partition coefficient (Wildman–Crippen LogP) is 2.28. The zero-order valence-electron chi connectivity index (χ0n) is 6.73. The van der Waals surface area contributed by atoms with Crippen LogP contribution in [0.25, 0.3) is 0 Å². The van der Waals surface area contributed by atoms with Gasteiger partial charge in [0.25, 0.3) is 5.91 Å². The van der Waals surface area contributed by atoms with Crippen LogP contribution in [0.4, 0.5) is 0 Å². The molecule has 0 aromatic heterocycles. The van der Waals surface area contributed by atoms with E-state index in [2.05, 4.69) is 5.32 Å². The van der Waals surface area contributed by atoms with Gasteiger partial charge in [0.05, 0.1) is 10.0 Å². The largest absolute Gasteiger partial charge is 0.352 e. The van der Waals surface area contributed by atoms with Crippen LogP contribution in [0, 0.1) is 0 Å². The fourth-order valence-corrected chi connectivity index (χ4v) is 1.88. The maximum atomic E-state index is 11.3. The molecule has 1 aliphatic rings. The second kappa shape index (κ2) is 3.20. The molecule has 0 fully saturated rings. The quantitative estimate of drug-likeness (QED) is 0.708. The predicted molar refractivity (Wildman–Crippen MR) is 52.5 cm³/mol. The van der Waals surface area contributed by atoms with Crippen molar-refractivity contribution in [3.05, 3.63) is 33.3 Å². The average molecular weight is 216 g/mol. The molecule has 0 radical (unpaired) electrons. The lowest BCUT2D eigenvalue weighted by molar-refractivity contribution is 0.0946. The molecule has 2 nitrogen and oxygen atoms in total. The van der Waals surface area contributed by atoms with Gasteiger partial charge in [-0.2, -0.15) is 0 Å². The Balaban J connectivity index is 2.63. The Bertz CT molecular complexity index is 376. The normalized spacial score (nSPS) is 15.1. The third kappa shape index (κ3) is 1.40. The summed E-state index contributed by atoms with van der Waals surface area (Å²) in [5, 5.41) is 3.76. The highest BCUT2D eigenvalue weighted by molar-refractivity contribution is 6.42. The second-order valence-corrected chi connectivity index (χ2v) is 3.68. The third-order valence-corrected chi connectivity index (χ3v) is 2.94. The van der Waals surface area contributed by atoms with Crippen LogP contribution in [-0.2, 0) is 6.42 Å². The molecule has 1 N–H and O–H groups in total. The molecule has 68 valence electrons. The van der Waals surface area contributed by atoms with Gasteiger partial charge in [0.15, 0.2) is 0 Å². The summed E-state index contributed by atoms with van der Waals surface area (Å²) in [6.45, 7) is 0.631. The van der Waals surface area contributed by atoms with Crippen LogP contribution in [0.1, 0.15) is 15.9 Å². The smallest absolute Gasteiger partial charge is 0.251 e. The molecule has 13 heavy (non-hydrogen) atoms. The van der Waals surface area contributed by atoms with Crippen LogP contribution in [0.2, 0.25) is 10.0 Å². The van der Waals surface area contributed by atoms with Gasteiger partial charge in [-0.15, -0.1) is 0 Å². The van der Waals surface area contributed by atoms with Crippen LogP contribution < -0.4 is 5.32 Å². The lowest BCUT2D eigenvalue weighted by Crippen LogP contribution is -2.31. The van der Waals surface area contributed by atoms with E-state index in [4.69, 9.17) is 23.2 Å². The van der Waals surface area contributed by atoms with Crippen molar-refractivity contribution >= 4 is 29.1 Å². The summed E-state index contributed by atoms with van der Waals surface area (Å²) in [7, 11) is 0. The van der Waals surface area contributed by atoms with Gasteiger partial charge in [0.2, 0.25) is 0 Å².